The molecule has 3 rings (SSSR count). The highest BCUT2D eigenvalue weighted by atomic mass is 16.2. The molecule has 0 aromatic carbocycles. The minimum absolute atomic E-state index is 0.258. The molecule has 1 aliphatic carbocycles. The molecule has 2 fully saturated rings. The second kappa shape index (κ2) is 8.36. The Kier molecular flexibility index (Phi) is 5.94. The van der Waals surface area contributed by atoms with Crippen LogP contribution in [0.3, 0.4) is 0 Å². The molecule has 1 atom stereocenters. The van der Waals surface area contributed by atoms with Gasteiger partial charge in [0.25, 0.3) is 0 Å². The Morgan fingerprint density at radius 2 is 2.12 bits per heavy atom. The molecular formula is C18H30N6O. The lowest BCUT2D eigenvalue weighted by molar-refractivity contribution is -0.135. The molecule has 138 valence electrons. The molecule has 1 aromatic heterocycles. The van der Waals surface area contributed by atoms with Gasteiger partial charge in [0.2, 0.25) is 5.91 Å². The van der Waals surface area contributed by atoms with Crippen LogP contribution in [-0.4, -0.2) is 52.5 Å². The fraction of sp³-hybridized carbons (Fsp3) is 0.722. The topological polar surface area (TPSA) is 74.6 Å². The molecule has 1 amide bonds. The summed E-state index contributed by atoms with van der Waals surface area (Å²) in [4.78, 5) is 23.3. The van der Waals surface area contributed by atoms with Crippen molar-refractivity contribution in [2.75, 3.05) is 20.1 Å². The number of hydrogen-bond acceptors (Lipinski definition) is 3. The Balaban J connectivity index is 1.46. The number of carbonyl (C=O) groups is 1. The molecule has 7 nitrogen and oxygen atoms in total. The third-order valence-electron chi connectivity index (χ3n) is 5.35. The first-order valence-electron chi connectivity index (χ1n) is 9.39. The highest BCUT2D eigenvalue weighted by Gasteiger charge is 2.31. The van der Waals surface area contributed by atoms with E-state index in [9.17, 15) is 4.79 Å². The molecule has 1 unspecified atom stereocenters. The van der Waals surface area contributed by atoms with Crippen LogP contribution >= 0.6 is 0 Å². The fourth-order valence-corrected chi connectivity index (χ4v) is 3.80. The van der Waals surface area contributed by atoms with E-state index in [0.717, 1.165) is 44.1 Å². The summed E-state index contributed by atoms with van der Waals surface area (Å²) < 4.78 is 1.99. The lowest BCUT2D eigenvalue weighted by atomic mass is 9.88. The number of guanidine groups is 1. The van der Waals surface area contributed by atoms with Gasteiger partial charge in [-0.1, -0.05) is 19.3 Å². The van der Waals surface area contributed by atoms with E-state index in [1.54, 1.807) is 13.2 Å². The molecule has 1 saturated carbocycles. The summed E-state index contributed by atoms with van der Waals surface area (Å²) in [6.45, 7) is 2.25. The molecule has 0 bridgehead atoms. The maximum Gasteiger partial charge on any atom is 0.225 e. The van der Waals surface area contributed by atoms with Crippen LogP contribution in [0.1, 0.15) is 44.3 Å². The lowest BCUT2D eigenvalue weighted by Crippen LogP contribution is -2.45. The molecule has 25 heavy (non-hydrogen) atoms. The second-order valence-electron chi connectivity index (χ2n) is 7.13. The first-order valence-corrected chi connectivity index (χ1v) is 9.39. The lowest BCUT2D eigenvalue weighted by Gasteiger charge is -2.26. The SMILES string of the molecule is CN=C(NCc1nccn1C)NC1CCN(C(=O)C2CCCCC2)C1. The first-order chi connectivity index (χ1) is 12.2. The quantitative estimate of drug-likeness (QED) is 0.636. The van der Waals surface area contributed by atoms with Crippen molar-refractivity contribution < 1.29 is 4.79 Å². The Morgan fingerprint density at radius 3 is 2.80 bits per heavy atom. The summed E-state index contributed by atoms with van der Waals surface area (Å²) in [5.74, 6) is 2.34. The summed E-state index contributed by atoms with van der Waals surface area (Å²) in [7, 11) is 3.75. The predicted octanol–water partition coefficient (Wildman–Crippen LogP) is 1.27. The molecule has 2 heterocycles. The number of aromatic nitrogens is 2. The number of rotatable bonds is 4. The largest absolute Gasteiger partial charge is 0.352 e. The highest BCUT2D eigenvalue weighted by Crippen LogP contribution is 2.26. The van der Waals surface area contributed by atoms with Gasteiger partial charge in [0.05, 0.1) is 6.54 Å². The molecule has 1 aliphatic heterocycles. The minimum Gasteiger partial charge on any atom is -0.352 e. The van der Waals surface area contributed by atoms with Crippen LogP contribution in [0.15, 0.2) is 17.4 Å². The Hall–Kier alpha value is -2.05. The summed E-state index contributed by atoms with van der Waals surface area (Å²) in [6.07, 6.45) is 10.5. The molecule has 0 radical (unpaired) electrons. The third kappa shape index (κ3) is 4.52. The van der Waals surface area contributed by atoms with Crippen molar-refractivity contribution in [3.8, 4) is 0 Å². The normalized spacial score (nSPS) is 22.2. The van der Waals surface area contributed by atoms with E-state index in [0.29, 0.717) is 12.5 Å². The van der Waals surface area contributed by atoms with Gasteiger partial charge in [0, 0.05) is 51.5 Å². The predicted molar refractivity (Wildman–Crippen MR) is 98.1 cm³/mol. The van der Waals surface area contributed by atoms with Crippen LogP contribution in [0.2, 0.25) is 0 Å². The molecule has 2 N–H and O–H groups in total. The third-order valence-corrected chi connectivity index (χ3v) is 5.35. The number of nitrogens with zero attached hydrogens (tertiary/aromatic N) is 4. The molecule has 2 aliphatic rings. The number of hydrogen-bond donors (Lipinski definition) is 2. The highest BCUT2D eigenvalue weighted by molar-refractivity contribution is 5.81. The number of carbonyl (C=O) groups excluding carboxylic acids is 1. The van der Waals surface area contributed by atoms with Crippen molar-refractivity contribution in [3.05, 3.63) is 18.2 Å². The number of nitrogens with one attached hydrogen (secondary N) is 2. The van der Waals surface area contributed by atoms with Crippen LogP contribution < -0.4 is 10.6 Å². The van der Waals surface area contributed by atoms with Crippen LogP contribution in [-0.2, 0) is 18.4 Å². The monoisotopic (exact) mass is 346 g/mol. The average Bonchev–Trinajstić information content (AvgIpc) is 3.27. The molecule has 7 heteroatoms. The number of likely N-dealkylation sites (tertiary alicyclic amines) is 1. The van der Waals surface area contributed by atoms with Gasteiger partial charge < -0.3 is 20.1 Å². The van der Waals surface area contributed by atoms with E-state index >= 15 is 0 Å². The van der Waals surface area contributed by atoms with Gasteiger partial charge in [-0.25, -0.2) is 4.98 Å². The van der Waals surface area contributed by atoms with Gasteiger partial charge in [0.1, 0.15) is 5.82 Å². The van der Waals surface area contributed by atoms with Gasteiger partial charge in [-0.05, 0) is 19.3 Å². The molecule has 1 saturated heterocycles. The summed E-state index contributed by atoms with van der Waals surface area (Å²) in [5.41, 5.74) is 0. The molecule has 1 aromatic rings. The van der Waals surface area contributed by atoms with Crippen LogP contribution in [0.25, 0.3) is 0 Å². The van der Waals surface area contributed by atoms with Crippen molar-refractivity contribution >= 4 is 11.9 Å². The summed E-state index contributed by atoms with van der Waals surface area (Å²) >= 11 is 0. The number of aryl methyl sites for hydroxylation is 1. The van der Waals surface area contributed by atoms with Crippen molar-refractivity contribution in [1.29, 1.82) is 0 Å². The smallest absolute Gasteiger partial charge is 0.225 e. The van der Waals surface area contributed by atoms with Crippen LogP contribution in [0.5, 0.6) is 0 Å². The van der Waals surface area contributed by atoms with Gasteiger partial charge in [0.15, 0.2) is 5.96 Å². The zero-order valence-electron chi connectivity index (χ0n) is 15.4. The Morgan fingerprint density at radius 1 is 1.32 bits per heavy atom. The fourth-order valence-electron chi connectivity index (χ4n) is 3.80. The molecular weight excluding hydrogens is 316 g/mol. The number of aliphatic imine (C=N–C) groups is 1. The van der Waals surface area contributed by atoms with E-state index in [4.69, 9.17) is 0 Å². The van der Waals surface area contributed by atoms with E-state index in [1.807, 2.05) is 22.7 Å². The second-order valence-corrected chi connectivity index (χ2v) is 7.13. The van der Waals surface area contributed by atoms with Crippen LogP contribution in [0.4, 0.5) is 0 Å². The van der Waals surface area contributed by atoms with Crippen molar-refractivity contribution in [3.63, 3.8) is 0 Å². The number of amides is 1. The van der Waals surface area contributed by atoms with Crippen molar-refractivity contribution in [2.45, 2.75) is 51.1 Å². The average molecular weight is 346 g/mol. The minimum atomic E-state index is 0.258. The zero-order valence-corrected chi connectivity index (χ0v) is 15.4. The first kappa shape index (κ1) is 17.8. The van der Waals surface area contributed by atoms with E-state index in [2.05, 4.69) is 20.6 Å². The van der Waals surface area contributed by atoms with E-state index in [-0.39, 0.29) is 12.0 Å². The van der Waals surface area contributed by atoms with E-state index < -0.39 is 0 Å². The van der Waals surface area contributed by atoms with E-state index in [1.165, 1.54) is 19.3 Å². The van der Waals surface area contributed by atoms with Gasteiger partial charge in [-0.3, -0.25) is 9.79 Å². The van der Waals surface area contributed by atoms with Gasteiger partial charge in [-0.2, -0.15) is 0 Å². The van der Waals surface area contributed by atoms with Crippen molar-refractivity contribution in [1.82, 2.24) is 25.1 Å². The van der Waals surface area contributed by atoms with Crippen LogP contribution in [0, 0.1) is 5.92 Å². The van der Waals surface area contributed by atoms with Gasteiger partial charge >= 0.3 is 0 Å². The van der Waals surface area contributed by atoms with Crippen molar-refractivity contribution in [2.24, 2.45) is 18.0 Å². The zero-order chi connectivity index (χ0) is 17.6. The maximum atomic E-state index is 12.7. The Labute approximate surface area is 149 Å². The van der Waals surface area contributed by atoms with Gasteiger partial charge in [-0.15, -0.1) is 0 Å². The number of imidazole rings is 1. The molecule has 0 spiro atoms. The maximum absolute atomic E-state index is 12.7. The summed E-state index contributed by atoms with van der Waals surface area (Å²) in [6, 6.07) is 0.264. The summed E-state index contributed by atoms with van der Waals surface area (Å²) in [5, 5.41) is 6.74. The Bertz CT molecular complexity index is 604. The standard InChI is InChI=1S/C18H30N6O/c1-19-18(21-12-16-20-9-11-23(16)2)22-15-8-10-24(13-15)17(25)14-6-4-3-5-7-14/h9,11,14-15H,3-8,10,12-13H2,1-2H3,(H2,19,21,22).